The number of oxime groups is 1. The van der Waals surface area contributed by atoms with Crippen molar-refractivity contribution < 1.29 is 59.5 Å². The Morgan fingerprint density at radius 1 is 1.29 bits per heavy atom. The first-order valence-corrected chi connectivity index (χ1v) is 15.9. The number of hydrogen-bond donors (Lipinski definition) is 6. The van der Waals surface area contributed by atoms with E-state index in [0.29, 0.717) is 12.1 Å². The number of carbonyl (C=O) groups excluding carboxylic acids is 2. The molecule has 0 bridgehead atoms. The number of aliphatic carboxylic acids is 1. The number of amides is 2. The number of thiazole rings is 1. The van der Waals surface area contributed by atoms with E-state index in [1.165, 1.54) is 26.0 Å². The van der Waals surface area contributed by atoms with Crippen LogP contribution in [0.3, 0.4) is 0 Å². The van der Waals surface area contributed by atoms with Gasteiger partial charge in [-0.15, -0.1) is 4.28 Å². The summed E-state index contributed by atoms with van der Waals surface area (Å²) in [5.74, 6) is -3.98. The number of hydroxylamine groups is 2. The molecule has 1 aromatic carbocycles. The number of β-lactam (4-membered cyclic amide) rings is 1. The molecule has 1 unspecified atom stereocenters. The maximum absolute atomic E-state index is 13.8. The summed E-state index contributed by atoms with van der Waals surface area (Å²) in [6.45, 7) is 3.16. The summed E-state index contributed by atoms with van der Waals surface area (Å²) in [5, 5.41) is 17.8. The summed E-state index contributed by atoms with van der Waals surface area (Å²) in [6, 6.07) is 4.48. The second-order valence-corrected chi connectivity index (χ2v) is 12.8. The van der Waals surface area contributed by atoms with Gasteiger partial charge in [0, 0.05) is 12.1 Å². The van der Waals surface area contributed by atoms with E-state index in [1.54, 1.807) is 12.1 Å². The van der Waals surface area contributed by atoms with Crippen LogP contribution in [0.1, 0.15) is 36.4 Å². The zero-order valence-corrected chi connectivity index (χ0v) is 26.6. The smallest absolute Gasteiger partial charge is 0.427 e. The molecule has 23 heteroatoms. The van der Waals surface area contributed by atoms with Crippen molar-refractivity contribution in [3.05, 3.63) is 40.4 Å². The normalized spacial score (nSPS) is 20.6. The van der Waals surface area contributed by atoms with Crippen molar-refractivity contribution in [2.75, 3.05) is 25.4 Å². The molecule has 2 saturated heterocycles. The van der Waals surface area contributed by atoms with Crippen LogP contribution in [0, 0.1) is 0 Å². The molecule has 2 amide bonds. The number of anilines is 1. The second-order valence-electron chi connectivity index (χ2n) is 10.8. The number of hydrogen-bond acceptors (Lipinski definition) is 14. The van der Waals surface area contributed by atoms with Crippen molar-refractivity contribution in [2.45, 2.75) is 50.2 Å². The fraction of sp³-hybridized carbons (Fsp3) is 0.440. The van der Waals surface area contributed by atoms with Gasteiger partial charge in [-0.1, -0.05) is 16.5 Å². The number of nitrogens with zero attached hydrogens (tertiary/aromatic N) is 4. The number of ether oxygens (including phenoxy) is 1. The largest absolute Gasteiger partial charge is 0.489 e. The van der Waals surface area contributed by atoms with Gasteiger partial charge in [0.15, 0.2) is 10.8 Å². The molecule has 262 valence electrons. The Morgan fingerprint density at radius 2 is 1.96 bits per heavy atom. The number of amidine groups is 1. The number of benzene rings is 1. The Morgan fingerprint density at radius 3 is 2.50 bits per heavy atom. The highest BCUT2D eigenvalue weighted by atomic mass is 32.3. The average molecular weight is 723 g/mol. The average Bonchev–Trinajstić information content (AvgIpc) is 3.65. The van der Waals surface area contributed by atoms with Gasteiger partial charge in [0.05, 0.1) is 11.6 Å². The first kappa shape index (κ1) is 36.3. The Balaban J connectivity index is 1.54. The summed E-state index contributed by atoms with van der Waals surface area (Å²) >= 11 is -0.0533. The standard InChI is InChI=1S/C25H29F3N8O10S2/c1-24(2)17(21(38)36(24)46-48(41,42)43)34-20(37)16(15-18(25(26,27)28)47-23(30)33-15)35-45-14(22(39)40)10-44-13-5-3-11(4-6-13)19(29)32-12-7-8-31-9-12/h3-6,12,14,17,31H,7-10H2,1-2H3,(H2,29,32)(H2,30,33)(H,34,37)(H,39,40)(H,41,42,43)/b35-16-/t12-,14?,17-/m1/s1. The van der Waals surface area contributed by atoms with Crippen molar-refractivity contribution in [2.24, 2.45) is 15.9 Å². The summed E-state index contributed by atoms with van der Waals surface area (Å²) in [7, 11) is -5.16. The predicted molar refractivity (Wildman–Crippen MR) is 160 cm³/mol. The number of nitrogens with one attached hydrogen (secondary N) is 2. The number of carbonyl (C=O) groups is 3. The van der Waals surface area contributed by atoms with E-state index in [0.717, 1.165) is 13.0 Å². The minimum atomic E-state index is -5.16. The summed E-state index contributed by atoms with van der Waals surface area (Å²) in [4.78, 5) is 49.1. The molecule has 0 saturated carbocycles. The van der Waals surface area contributed by atoms with Gasteiger partial charge in [0.1, 0.15) is 34.8 Å². The Hall–Kier alpha value is -4.58. The summed E-state index contributed by atoms with van der Waals surface area (Å²) in [5.41, 5.74) is 8.06. The Kier molecular flexibility index (Phi) is 10.5. The van der Waals surface area contributed by atoms with Crippen LogP contribution in [0.5, 0.6) is 5.75 Å². The molecule has 18 nitrogen and oxygen atoms in total. The minimum Gasteiger partial charge on any atom is -0.489 e. The van der Waals surface area contributed by atoms with E-state index >= 15 is 0 Å². The second kappa shape index (κ2) is 13.9. The van der Waals surface area contributed by atoms with E-state index < -0.39 is 80.1 Å². The van der Waals surface area contributed by atoms with Crippen LogP contribution < -0.4 is 26.8 Å². The summed E-state index contributed by atoms with van der Waals surface area (Å²) in [6.07, 6.45) is -6.26. The van der Waals surface area contributed by atoms with Gasteiger partial charge in [0.2, 0.25) is 0 Å². The topological polar surface area (TPSA) is 270 Å². The number of alkyl halides is 3. The third-order valence-electron chi connectivity index (χ3n) is 6.92. The number of nitrogen functional groups attached to an aromatic ring is 1. The minimum absolute atomic E-state index is 0.0318. The van der Waals surface area contributed by atoms with Gasteiger partial charge >= 0.3 is 22.5 Å². The molecule has 2 fully saturated rings. The molecule has 1 aromatic heterocycles. The van der Waals surface area contributed by atoms with Gasteiger partial charge in [-0.05, 0) is 51.1 Å². The lowest BCUT2D eigenvalue weighted by atomic mass is 9.84. The number of aliphatic imine (C=N–C) groups is 1. The first-order valence-electron chi connectivity index (χ1n) is 13.7. The van der Waals surface area contributed by atoms with Crippen molar-refractivity contribution in [1.82, 2.24) is 20.7 Å². The molecule has 2 aromatic rings. The van der Waals surface area contributed by atoms with Gasteiger partial charge < -0.3 is 36.8 Å². The van der Waals surface area contributed by atoms with Crippen molar-refractivity contribution >= 4 is 56.2 Å². The number of carboxylic acid groups (broad SMARTS) is 1. The fourth-order valence-electron chi connectivity index (χ4n) is 4.48. The van der Waals surface area contributed by atoms with Crippen LogP contribution in [0.2, 0.25) is 0 Å². The molecule has 2 aliphatic rings. The maximum Gasteiger partial charge on any atom is 0.427 e. The van der Waals surface area contributed by atoms with Crippen LogP contribution >= 0.6 is 11.3 Å². The third kappa shape index (κ3) is 8.46. The van der Waals surface area contributed by atoms with Crippen LogP contribution in [-0.4, -0.2) is 101 Å². The molecule has 4 rings (SSSR count). The molecule has 3 atom stereocenters. The van der Waals surface area contributed by atoms with Crippen molar-refractivity contribution in [3.63, 3.8) is 0 Å². The lowest BCUT2D eigenvalue weighted by Gasteiger charge is -2.50. The lowest BCUT2D eigenvalue weighted by Crippen LogP contribution is -2.76. The van der Waals surface area contributed by atoms with Crippen LogP contribution in [-0.2, 0) is 40.1 Å². The molecule has 48 heavy (non-hydrogen) atoms. The van der Waals surface area contributed by atoms with Gasteiger partial charge in [-0.2, -0.15) is 26.7 Å². The number of aromatic nitrogens is 1. The summed E-state index contributed by atoms with van der Waals surface area (Å²) < 4.78 is 82.2. The SMILES string of the molecule is CC1(C)[C@H](NC(=O)/C(=N\OC(COc2ccc(C(N)=N[C@@H]3CCNC3)cc2)C(=O)O)c2nc(N)sc2C(F)(F)F)C(=O)N1OS(=O)(=O)O. The molecule has 3 heterocycles. The van der Waals surface area contributed by atoms with Crippen molar-refractivity contribution in [1.29, 1.82) is 0 Å². The third-order valence-corrected chi connectivity index (χ3v) is 8.18. The number of rotatable bonds is 13. The highest BCUT2D eigenvalue weighted by Crippen LogP contribution is 2.38. The molecule has 0 aliphatic carbocycles. The highest BCUT2D eigenvalue weighted by Gasteiger charge is 2.58. The predicted octanol–water partition coefficient (Wildman–Crippen LogP) is -0.0958. The Bertz CT molecular complexity index is 1730. The van der Waals surface area contributed by atoms with Gasteiger partial charge in [-0.25, -0.2) is 9.78 Å². The molecule has 8 N–H and O–H groups in total. The van der Waals surface area contributed by atoms with E-state index in [9.17, 15) is 41.1 Å². The first-order chi connectivity index (χ1) is 22.3. The van der Waals surface area contributed by atoms with Gasteiger partial charge in [0.25, 0.3) is 17.9 Å². The number of halogens is 3. The molecule has 0 spiro atoms. The highest BCUT2D eigenvalue weighted by molar-refractivity contribution is 7.80. The van der Waals surface area contributed by atoms with E-state index in [-0.39, 0.29) is 34.0 Å². The number of carboxylic acids is 1. The zero-order chi connectivity index (χ0) is 35.6. The molecule has 0 radical (unpaired) electrons. The van der Waals surface area contributed by atoms with E-state index in [2.05, 4.69) is 30.0 Å². The van der Waals surface area contributed by atoms with Crippen LogP contribution in [0.4, 0.5) is 18.3 Å². The maximum atomic E-state index is 13.8. The van der Waals surface area contributed by atoms with Crippen LogP contribution in [0.15, 0.2) is 34.4 Å². The van der Waals surface area contributed by atoms with Crippen molar-refractivity contribution in [3.8, 4) is 5.75 Å². The Labute approximate surface area is 273 Å². The van der Waals surface area contributed by atoms with Crippen LogP contribution in [0.25, 0.3) is 0 Å². The lowest BCUT2D eigenvalue weighted by molar-refractivity contribution is -0.218. The monoisotopic (exact) mass is 722 g/mol. The van der Waals surface area contributed by atoms with E-state index in [4.69, 9.17) is 25.6 Å². The zero-order valence-electron chi connectivity index (χ0n) is 24.9. The molecular weight excluding hydrogens is 693 g/mol. The fourth-order valence-corrected chi connectivity index (χ4v) is 5.63. The quantitative estimate of drug-likeness (QED) is 0.0519. The van der Waals surface area contributed by atoms with E-state index in [1.807, 2.05) is 0 Å². The molecule has 2 aliphatic heterocycles. The van der Waals surface area contributed by atoms with Gasteiger partial charge in [-0.3, -0.25) is 19.1 Å². The number of nitrogens with two attached hydrogens (primary N) is 2. The molecular formula is C25H29F3N8O10S2.